The summed E-state index contributed by atoms with van der Waals surface area (Å²) in [4.78, 5) is 0. The van der Waals surface area contributed by atoms with Gasteiger partial charge in [-0.25, -0.2) is 0 Å². The maximum Gasteiger partial charge on any atom is 0.0670 e. The number of para-hydroxylation sites is 1. The molecule has 4 bridgehead atoms. The van der Waals surface area contributed by atoms with Crippen molar-refractivity contribution in [2.45, 2.75) is 69.7 Å². The van der Waals surface area contributed by atoms with Crippen LogP contribution in [-0.2, 0) is 13.1 Å². The molecule has 0 saturated heterocycles. The van der Waals surface area contributed by atoms with Gasteiger partial charge in [-0.1, -0.05) is 48.0 Å². The second-order valence-electron chi connectivity index (χ2n) is 10.6. The molecule has 31 heavy (non-hydrogen) atoms. The third-order valence-corrected chi connectivity index (χ3v) is 8.69. The molecule has 4 aliphatic carbocycles. The molecule has 0 aliphatic heterocycles. The zero-order chi connectivity index (χ0) is 21.2. The van der Waals surface area contributed by atoms with Crippen LogP contribution in [0, 0.1) is 18.8 Å². The Kier molecular flexibility index (Phi) is 4.54. The molecular formula is C27H31ClN2O. The van der Waals surface area contributed by atoms with E-state index in [1.807, 2.05) is 12.1 Å². The predicted molar refractivity (Wildman–Crippen MR) is 126 cm³/mol. The fraction of sp³-hybridized carbons (Fsp3) is 0.481. The Balaban J connectivity index is 1.33. The second-order valence-corrected chi connectivity index (χ2v) is 11.0. The summed E-state index contributed by atoms with van der Waals surface area (Å²) in [6, 6.07) is 16.9. The van der Waals surface area contributed by atoms with Gasteiger partial charge in [-0.2, -0.15) is 0 Å². The quantitative estimate of drug-likeness (QED) is 0.530. The number of halogens is 1. The molecule has 1 aromatic heterocycles. The Labute approximate surface area is 189 Å². The van der Waals surface area contributed by atoms with E-state index >= 15 is 0 Å². The zero-order valence-electron chi connectivity index (χ0n) is 18.2. The first kappa shape index (κ1) is 19.8. The minimum absolute atomic E-state index is 0.108. The van der Waals surface area contributed by atoms with E-state index in [1.54, 1.807) is 0 Å². The highest BCUT2D eigenvalue weighted by atomic mass is 35.5. The van der Waals surface area contributed by atoms with E-state index < -0.39 is 5.60 Å². The summed E-state index contributed by atoms with van der Waals surface area (Å²) in [7, 11) is 0. The van der Waals surface area contributed by atoms with Gasteiger partial charge in [-0.05, 0) is 80.5 Å². The van der Waals surface area contributed by atoms with Crippen LogP contribution in [0.1, 0.15) is 55.3 Å². The summed E-state index contributed by atoms with van der Waals surface area (Å²) in [5.74, 6) is 1.39. The van der Waals surface area contributed by atoms with Crippen LogP contribution >= 0.6 is 11.6 Å². The molecule has 2 aromatic carbocycles. The number of aliphatic hydroxyl groups is 1. The SMILES string of the molecule is Cc1c(CNC23CC4CC(CC(O)(C4)C2)C3)c2ccccc2n1Cc1ccccc1Cl. The van der Waals surface area contributed by atoms with Gasteiger partial charge >= 0.3 is 0 Å². The lowest BCUT2D eigenvalue weighted by Crippen LogP contribution is -2.64. The van der Waals surface area contributed by atoms with Gasteiger partial charge in [0, 0.05) is 40.2 Å². The van der Waals surface area contributed by atoms with Crippen LogP contribution in [0.2, 0.25) is 5.02 Å². The van der Waals surface area contributed by atoms with E-state index in [0.29, 0.717) is 11.8 Å². The standard InChI is InChI=1S/C27H31ClN2O/c1-18-23(15-29-26-11-19-10-20(12-26)14-27(31,13-19)17-26)22-7-3-5-9-25(22)30(18)16-21-6-2-4-8-24(21)28/h2-9,19-20,29,31H,10-17H2,1H3. The molecule has 7 rings (SSSR count). The lowest BCUT2D eigenvalue weighted by Gasteiger charge is -2.60. The van der Waals surface area contributed by atoms with E-state index in [1.165, 1.54) is 41.4 Å². The van der Waals surface area contributed by atoms with Gasteiger partial charge in [0.25, 0.3) is 0 Å². The lowest BCUT2D eigenvalue weighted by atomic mass is 9.51. The van der Waals surface area contributed by atoms with Crippen LogP contribution in [0.5, 0.6) is 0 Å². The fourth-order valence-electron chi connectivity index (χ4n) is 7.42. The number of aromatic nitrogens is 1. The molecule has 162 valence electrons. The van der Waals surface area contributed by atoms with Crippen molar-refractivity contribution in [1.82, 2.24) is 9.88 Å². The molecule has 3 aromatic rings. The molecule has 4 fully saturated rings. The van der Waals surface area contributed by atoms with Gasteiger partial charge in [0.15, 0.2) is 0 Å². The summed E-state index contributed by atoms with van der Waals surface area (Å²) in [5, 5.41) is 17.3. The van der Waals surface area contributed by atoms with Crippen LogP contribution in [-0.4, -0.2) is 20.8 Å². The molecule has 3 nitrogen and oxygen atoms in total. The highest BCUT2D eigenvalue weighted by Gasteiger charge is 2.56. The van der Waals surface area contributed by atoms with E-state index in [4.69, 9.17) is 11.6 Å². The van der Waals surface area contributed by atoms with Gasteiger partial charge in [-0.3, -0.25) is 0 Å². The van der Waals surface area contributed by atoms with Crippen molar-refractivity contribution in [3.05, 3.63) is 70.4 Å². The van der Waals surface area contributed by atoms with E-state index in [-0.39, 0.29) is 5.54 Å². The molecular weight excluding hydrogens is 404 g/mol. The van der Waals surface area contributed by atoms with Gasteiger partial charge in [0.05, 0.1) is 5.60 Å². The van der Waals surface area contributed by atoms with Crippen molar-refractivity contribution in [2.75, 3.05) is 0 Å². The lowest BCUT2D eigenvalue weighted by molar-refractivity contribution is -0.142. The molecule has 4 saturated carbocycles. The Morgan fingerprint density at radius 1 is 1.03 bits per heavy atom. The largest absolute Gasteiger partial charge is 0.390 e. The maximum absolute atomic E-state index is 11.1. The molecule has 0 amide bonds. The monoisotopic (exact) mass is 434 g/mol. The van der Waals surface area contributed by atoms with Crippen LogP contribution in [0.3, 0.4) is 0 Å². The highest BCUT2D eigenvalue weighted by Crippen LogP contribution is 2.57. The Bertz CT molecular complexity index is 1140. The normalized spacial score (nSPS) is 31.6. The molecule has 4 aliphatic rings. The Morgan fingerprint density at radius 2 is 1.74 bits per heavy atom. The average Bonchev–Trinajstić information content (AvgIpc) is 2.97. The number of fused-ring (bicyclic) bond motifs is 1. The minimum atomic E-state index is -0.426. The fourth-order valence-corrected chi connectivity index (χ4v) is 7.62. The molecule has 2 atom stereocenters. The summed E-state index contributed by atoms with van der Waals surface area (Å²) >= 11 is 6.49. The summed E-state index contributed by atoms with van der Waals surface area (Å²) in [6.45, 7) is 3.87. The highest BCUT2D eigenvalue weighted by molar-refractivity contribution is 6.31. The number of hydrogen-bond donors (Lipinski definition) is 2. The summed E-state index contributed by atoms with van der Waals surface area (Å²) in [5.41, 5.74) is 4.78. The molecule has 4 heteroatoms. The molecule has 1 heterocycles. The molecule has 2 unspecified atom stereocenters. The van der Waals surface area contributed by atoms with Gasteiger partial charge < -0.3 is 15.0 Å². The zero-order valence-corrected chi connectivity index (χ0v) is 19.0. The van der Waals surface area contributed by atoms with E-state index in [9.17, 15) is 5.11 Å². The maximum atomic E-state index is 11.1. The van der Waals surface area contributed by atoms with Crippen LogP contribution in [0.4, 0.5) is 0 Å². The third kappa shape index (κ3) is 3.33. The molecule has 0 spiro atoms. The number of benzene rings is 2. The number of nitrogens with zero attached hydrogens (tertiary/aromatic N) is 1. The Hall–Kier alpha value is -1.81. The third-order valence-electron chi connectivity index (χ3n) is 8.32. The van der Waals surface area contributed by atoms with Gasteiger partial charge in [0.1, 0.15) is 0 Å². The average molecular weight is 435 g/mol. The van der Waals surface area contributed by atoms with E-state index in [2.05, 4.69) is 53.2 Å². The molecule has 0 radical (unpaired) electrons. The topological polar surface area (TPSA) is 37.2 Å². The van der Waals surface area contributed by atoms with Crippen molar-refractivity contribution in [1.29, 1.82) is 0 Å². The van der Waals surface area contributed by atoms with Crippen molar-refractivity contribution >= 4 is 22.5 Å². The Morgan fingerprint density at radius 3 is 2.48 bits per heavy atom. The first-order valence-electron chi connectivity index (χ1n) is 11.7. The number of hydrogen-bond acceptors (Lipinski definition) is 2. The van der Waals surface area contributed by atoms with Gasteiger partial charge in [-0.15, -0.1) is 0 Å². The van der Waals surface area contributed by atoms with Crippen LogP contribution < -0.4 is 5.32 Å². The van der Waals surface area contributed by atoms with Crippen molar-refractivity contribution in [3.63, 3.8) is 0 Å². The van der Waals surface area contributed by atoms with Gasteiger partial charge in [0.2, 0.25) is 0 Å². The van der Waals surface area contributed by atoms with Crippen molar-refractivity contribution in [3.8, 4) is 0 Å². The number of nitrogens with one attached hydrogen (secondary N) is 1. The second kappa shape index (κ2) is 7.10. The number of rotatable bonds is 5. The summed E-state index contributed by atoms with van der Waals surface area (Å²) in [6.07, 6.45) is 6.73. The van der Waals surface area contributed by atoms with E-state index in [0.717, 1.165) is 42.9 Å². The summed E-state index contributed by atoms with van der Waals surface area (Å²) < 4.78 is 2.40. The minimum Gasteiger partial charge on any atom is -0.390 e. The van der Waals surface area contributed by atoms with Crippen LogP contribution in [0.25, 0.3) is 10.9 Å². The van der Waals surface area contributed by atoms with Crippen molar-refractivity contribution < 1.29 is 5.11 Å². The first-order valence-corrected chi connectivity index (χ1v) is 12.1. The first-order chi connectivity index (χ1) is 14.9. The molecule has 2 N–H and O–H groups in total. The smallest absolute Gasteiger partial charge is 0.0670 e. The predicted octanol–water partition coefficient (Wildman–Crippen LogP) is 5.82. The van der Waals surface area contributed by atoms with Crippen molar-refractivity contribution in [2.24, 2.45) is 11.8 Å². The van der Waals surface area contributed by atoms with Crippen LogP contribution in [0.15, 0.2) is 48.5 Å².